The van der Waals surface area contributed by atoms with Gasteiger partial charge in [0.2, 0.25) is 0 Å². The Morgan fingerprint density at radius 2 is 1.83 bits per heavy atom. The normalized spacial score (nSPS) is 20.0. The molecule has 0 spiro atoms. The van der Waals surface area contributed by atoms with Crippen molar-refractivity contribution in [3.63, 3.8) is 0 Å². The molecule has 1 saturated heterocycles. The highest BCUT2D eigenvalue weighted by Crippen LogP contribution is 2.38. The van der Waals surface area contributed by atoms with Gasteiger partial charge in [0.25, 0.3) is 0 Å². The smallest absolute Gasteiger partial charge is 0.400 e. The molecule has 0 radical (unpaired) electrons. The lowest BCUT2D eigenvalue weighted by Gasteiger charge is -2.32. The highest BCUT2D eigenvalue weighted by Gasteiger charge is 2.52. The maximum absolute atomic E-state index is 6.15. The molecule has 23 heavy (non-hydrogen) atoms. The van der Waals surface area contributed by atoms with Crippen molar-refractivity contribution in [2.75, 3.05) is 32.6 Å². The van der Waals surface area contributed by atoms with Gasteiger partial charge in [-0.15, -0.1) is 0 Å². The summed E-state index contributed by atoms with van der Waals surface area (Å²) in [6.45, 7) is 8.97. The molecule has 1 fully saturated rings. The number of aromatic nitrogens is 1. The van der Waals surface area contributed by atoms with Crippen LogP contribution in [0.2, 0.25) is 0 Å². The second kappa shape index (κ2) is 6.63. The van der Waals surface area contributed by atoms with Crippen LogP contribution in [-0.2, 0) is 9.31 Å². The Morgan fingerprint density at radius 1 is 1.22 bits per heavy atom. The molecule has 6 heteroatoms. The molecular formula is C17H28BN3O2. The van der Waals surface area contributed by atoms with Crippen LogP contribution in [0.5, 0.6) is 0 Å². The molecule has 1 aliphatic rings. The van der Waals surface area contributed by atoms with Gasteiger partial charge >= 0.3 is 7.12 Å². The van der Waals surface area contributed by atoms with E-state index in [1.54, 1.807) is 0 Å². The van der Waals surface area contributed by atoms with Crippen LogP contribution in [-0.4, -0.2) is 51.0 Å². The first-order valence-electron chi connectivity index (χ1n) is 8.00. The molecule has 0 aromatic carbocycles. The van der Waals surface area contributed by atoms with Gasteiger partial charge in [-0.2, -0.15) is 0 Å². The monoisotopic (exact) mass is 317 g/mol. The van der Waals surface area contributed by atoms with Crippen LogP contribution < -0.4 is 10.2 Å². The molecule has 5 nitrogen and oxygen atoms in total. The number of anilines is 1. The van der Waals surface area contributed by atoms with Gasteiger partial charge in [0.15, 0.2) is 0 Å². The van der Waals surface area contributed by atoms with E-state index < -0.39 is 0 Å². The lowest BCUT2D eigenvalue weighted by molar-refractivity contribution is 0.00578. The SMILES string of the molecule is CNCC(=Cc1ccc(N(C)C)nc1)B1OC(C)(C)C(C)(C)O1. The minimum Gasteiger partial charge on any atom is -0.400 e. The summed E-state index contributed by atoms with van der Waals surface area (Å²) < 4.78 is 12.3. The molecule has 0 amide bonds. The summed E-state index contributed by atoms with van der Waals surface area (Å²) in [5.74, 6) is 0.938. The number of pyridine rings is 1. The molecule has 1 N–H and O–H groups in total. The molecular weight excluding hydrogens is 289 g/mol. The largest absolute Gasteiger partial charge is 0.491 e. The Balaban J connectivity index is 2.25. The second-order valence-electron chi connectivity index (χ2n) is 7.18. The number of likely N-dealkylation sites (N-methyl/N-ethyl adjacent to an activating group) is 1. The molecule has 1 aromatic rings. The zero-order chi connectivity index (χ0) is 17.3. The molecule has 1 aliphatic heterocycles. The molecule has 0 unspecified atom stereocenters. The van der Waals surface area contributed by atoms with Gasteiger partial charge in [-0.1, -0.05) is 6.08 Å². The summed E-state index contributed by atoms with van der Waals surface area (Å²) in [6, 6.07) is 4.07. The molecule has 0 aliphatic carbocycles. The van der Waals surface area contributed by atoms with E-state index in [0.717, 1.165) is 16.9 Å². The van der Waals surface area contributed by atoms with Gasteiger partial charge < -0.3 is 19.5 Å². The standard InChI is InChI=1S/C17H28BN3O2/c1-16(2)17(3,4)23-18(22-16)14(12-19-5)10-13-8-9-15(20-11-13)21(6)7/h8-11,19H,12H2,1-7H3. The topological polar surface area (TPSA) is 46.6 Å². The van der Waals surface area contributed by atoms with Gasteiger partial charge in [0.1, 0.15) is 5.82 Å². The van der Waals surface area contributed by atoms with E-state index in [2.05, 4.69) is 50.1 Å². The van der Waals surface area contributed by atoms with Crippen molar-refractivity contribution in [2.45, 2.75) is 38.9 Å². The lowest BCUT2D eigenvalue weighted by Crippen LogP contribution is -2.41. The third kappa shape index (κ3) is 3.94. The third-order valence-electron chi connectivity index (χ3n) is 4.52. The van der Waals surface area contributed by atoms with Crippen molar-refractivity contribution in [2.24, 2.45) is 0 Å². The van der Waals surface area contributed by atoms with Crippen molar-refractivity contribution < 1.29 is 9.31 Å². The fraction of sp³-hybridized carbons (Fsp3) is 0.588. The van der Waals surface area contributed by atoms with E-state index in [1.807, 2.05) is 38.3 Å². The average Bonchev–Trinajstić information content (AvgIpc) is 2.67. The quantitative estimate of drug-likeness (QED) is 0.845. The van der Waals surface area contributed by atoms with Crippen molar-refractivity contribution in [3.8, 4) is 0 Å². The summed E-state index contributed by atoms with van der Waals surface area (Å²) in [5, 5.41) is 3.19. The zero-order valence-corrected chi connectivity index (χ0v) is 15.3. The maximum Gasteiger partial charge on any atom is 0.491 e. The van der Waals surface area contributed by atoms with E-state index in [9.17, 15) is 0 Å². The maximum atomic E-state index is 6.15. The average molecular weight is 317 g/mol. The van der Waals surface area contributed by atoms with Crippen LogP contribution in [0, 0.1) is 0 Å². The lowest BCUT2D eigenvalue weighted by atomic mass is 9.77. The fourth-order valence-electron chi connectivity index (χ4n) is 2.36. The van der Waals surface area contributed by atoms with Crippen LogP contribution in [0.25, 0.3) is 6.08 Å². The van der Waals surface area contributed by atoms with Crippen LogP contribution in [0.15, 0.2) is 23.8 Å². The summed E-state index contributed by atoms with van der Waals surface area (Å²) in [6.07, 6.45) is 3.96. The first-order chi connectivity index (χ1) is 10.7. The zero-order valence-electron chi connectivity index (χ0n) is 15.3. The Kier molecular flexibility index (Phi) is 5.18. The summed E-state index contributed by atoms with van der Waals surface area (Å²) in [7, 11) is 5.54. The minimum atomic E-state index is -0.346. The van der Waals surface area contributed by atoms with Gasteiger partial charge in [0.05, 0.1) is 11.2 Å². The Morgan fingerprint density at radius 3 is 2.26 bits per heavy atom. The number of rotatable bonds is 5. The molecule has 1 aromatic heterocycles. The predicted molar refractivity (Wildman–Crippen MR) is 96.5 cm³/mol. The van der Waals surface area contributed by atoms with E-state index in [0.29, 0.717) is 6.54 Å². The van der Waals surface area contributed by atoms with E-state index in [4.69, 9.17) is 9.31 Å². The first kappa shape index (κ1) is 18.0. The van der Waals surface area contributed by atoms with Crippen molar-refractivity contribution in [3.05, 3.63) is 29.4 Å². The molecule has 0 bridgehead atoms. The Bertz CT molecular complexity index is 552. The molecule has 126 valence electrons. The number of hydrogen-bond acceptors (Lipinski definition) is 5. The van der Waals surface area contributed by atoms with E-state index >= 15 is 0 Å². The predicted octanol–water partition coefficient (Wildman–Crippen LogP) is 2.38. The van der Waals surface area contributed by atoms with Gasteiger partial charge in [-0.25, -0.2) is 4.98 Å². The molecule has 2 heterocycles. The molecule has 2 rings (SSSR count). The van der Waals surface area contributed by atoms with Crippen molar-refractivity contribution in [1.29, 1.82) is 0 Å². The van der Waals surface area contributed by atoms with Crippen LogP contribution in [0.1, 0.15) is 33.3 Å². The van der Waals surface area contributed by atoms with Crippen LogP contribution in [0.3, 0.4) is 0 Å². The first-order valence-corrected chi connectivity index (χ1v) is 8.00. The van der Waals surface area contributed by atoms with Gasteiger partial charge in [0, 0.05) is 26.8 Å². The number of nitrogens with one attached hydrogen (secondary N) is 1. The third-order valence-corrected chi connectivity index (χ3v) is 4.52. The van der Waals surface area contributed by atoms with Crippen molar-refractivity contribution in [1.82, 2.24) is 10.3 Å². The second-order valence-corrected chi connectivity index (χ2v) is 7.18. The summed E-state index contributed by atoms with van der Waals surface area (Å²) in [5.41, 5.74) is 1.43. The van der Waals surface area contributed by atoms with Crippen LogP contribution in [0.4, 0.5) is 5.82 Å². The van der Waals surface area contributed by atoms with Crippen molar-refractivity contribution >= 4 is 19.0 Å². The van der Waals surface area contributed by atoms with E-state index in [-0.39, 0.29) is 18.3 Å². The minimum absolute atomic E-state index is 0.336. The van der Waals surface area contributed by atoms with Gasteiger partial charge in [-0.05, 0) is 57.9 Å². The number of hydrogen-bond donors (Lipinski definition) is 1. The van der Waals surface area contributed by atoms with Crippen LogP contribution >= 0.6 is 0 Å². The highest BCUT2D eigenvalue weighted by molar-refractivity contribution is 6.55. The highest BCUT2D eigenvalue weighted by atomic mass is 16.7. The summed E-state index contributed by atoms with van der Waals surface area (Å²) in [4.78, 5) is 6.44. The molecule has 0 saturated carbocycles. The Hall–Kier alpha value is -1.37. The summed E-state index contributed by atoms with van der Waals surface area (Å²) >= 11 is 0. The number of nitrogens with zero attached hydrogens (tertiary/aromatic N) is 2. The van der Waals surface area contributed by atoms with Gasteiger partial charge in [-0.3, -0.25) is 0 Å². The molecule has 0 atom stereocenters. The Labute approximate surface area is 140 Å². The van der Waals surface area contributed by atoms with E-state index in [1.165, 1.54) is 0 Å². The fourth-order valence-corrected chi connectivity index (χ4v) is 2.36.